The minimum atomic E-state index is -0.566. The first kappa shape index (κ1) is 15.5. The third-order valence-corrected chi connectivity index (χ3v) is 3.01. The van der Waals surface area contributed by atoms with Crippen molar-refractivity contribution in [2.45, 2.75) is 34.1 Å². The number of allylic oxidation sites excluding steroid dienone is 3. The fourth-order valence-corrected chi connectivity index (χ4v) is 2.11. The molecule has 1 aliphatic rings. The van der Waals surface area contributed by atoms with Crippen molar-refractivity contribution >= 4 is 11.9 Å². The van der Waals surface area contributed by atoms with Gasteiger partial charge in [0.1, 0.15) is 0 Å². The summed E-state index contributed by atoms with van der Waals surface area (Å²) in [4.78, 5) is 24.0. The highest BCUT2D eigenvalue weighted by Crippen LogP contribution is 2.34. The lowest BCUT2D eigenvalue weighted by molar-refractivity contribution is -0.150. The van der Waals surface area contributed by atoms with Gasteiger partial charge in [0.25, 0.3) is 0 Å². The van der Waals surface area contributed by atoms with Crippen molar-refractivity contribution in [3.63, 3.8) is 0 Å². The van der Waals surface area contributed by atoms with Crippen LogP contribution in [0.25, 0.3) is 0 Å². The molecule has 0 N–H and O–H groups in total. The molecule has 0 spiro atoms. The van der Waals surface area contributed by atoms with Crippen LogP contribution in [0.4, 0.5) is 0 Å². The van der Waals surface area contributed by atoms with E-state index in [0.717, 1.165) is 0 Å². The lowest BCUT2D eigenvalue weighted by Crippen LogP contribution is -2.28. The number of hydrogen-bond donors (Lipinski definition) is 0. The third kappa shape index (κ3) is 4.23. The molecule has 0 aliphatic heterocycles. The van der Waals surface area contributed by atoms with E-state index in [1.165, 1.54) is 0 Å². The highest BCUT2D eigenvalue weighted by atomic mass is 16.5. The molecule has 0 aromatic heterocycles. The van der Waals surface area contributed by atoms with Gasteiger partial charge >= 0.3 is 11.9 Å². The maximum absolute atomic E-state index is 12.1. The first-order chi connectivity index (χ1) is 8.91. The Labute approximate surface area is 114 Å². The van der Waals surface area contributed by atoms with Crippen LogP contribution in [-0.4, -0.2) is 25.2 Å². The molecule has 4 nitrogen and oxygen atoms in total. The van der Waals surface area contributed by atoms with Crippen molar-refractivity contribution in [3.8, 4) is 0 Å². The molecule has 1 aliphatic carbocycles. The van der Waals surface area contributed by atoms with Crippen LogP contribution in [0, 0.1) is 11.3 Å². The normalized spacial score (nSPS) is 21.3. The predicted octanol–water partition coefficient (Wildman–Crippen LogP) is 2.64. The maximum atomic E-state index is 12.1. The summed E-state index contributed by atoms with van der Waals surface area (Å²) in [6.45, 7) is 8.15. The van der Waals surface area contributed by atoms with Crippen molar-refractivity contribution in [2.24, 2.45) is 11.3 Å². The van der Waals surface area contributed by atoms with E-state index in [9.17, 15) is 9.59 Å². The first-order valence-electron chi connectivity index (χ1n) is 6.64. The molecule has 0 aromatic carbocycles. The Balaban J connectivity index is 3.02. The number of rotatable bonds is 4. The summed E-state index contributed by atoms with van der Waals surface area (Å²) in [7, 11) is 0. The Bertz CT molecular complexity index is 404. The van der Waals surface area contributed by atoms with Crippen LogP contribution < -0.4 is 0 Å². The Morgan fingerprint density at radius 3 is 2.47 bits per heavy atom. The zero-order valence-corrected chi connectivity index (χ0v) is 12.1. The average Bonchev–Trinajstić information content (AvgIpc) is 2.48. The molecule has 19 heavy (non-hydrogen) atoms. The SMILES string of the molecule is CCOC(=O)C1=CC=CC(C)(C)CC1C(=O)OCC. The van der Waals surface area contributed by atoms with Crippen LogP contribution in [0.5, 0.6) is 0 Å². The van der Waals surface area contributed by atoms with Gasteiger partial charge in [-0.1, -0.05) is 32.1 Å². The van der Waals surface area contributed by atoms with Gasteiger partial charge in [0.2, 0.25) is 0 Å². The topological polar surface area (TPSA) is 52.6 Å². The Hall–Kier alpha value is -1.58. The minimum absolute atomic E-state index is 0.165. The standard InChI is InChI=1S/C15H22O4/c1-5-18-13(16)11-8-7-9-15(3,4)10-12(11)14(17)19-6-2/h7-9,12H,5-6,10H2,1-4H3. The second-order valence-corrected chi connectivity index (χ2v) is 5.20. The van der Waals surface area contributed by atoms with Crippen LogP contribution >= 0.6 is 0 Å². The summed E-state index contributed by atoms with van der Waals surface area (Å²) in [6, 6.07) is 0. The van der Waals surface area contributed by atoms with E-state index < -0.39 is 11.9 Å². The molecule has 0 saturated carbocycles. The van der Waals surface area contributed by atoms with E-state index in [2.05, 4.69) is 0 Å². The van der Waals surface area contributed by atoms with Crippen molar-refractivity contribution in [1.29, 1.82) is 0 Å². The summed E-state index contributed by atoms with van der Waals surface area (Å²) < 4.78 is 10.1. The molecule has 1 atom stereocenters. The molecule has 4 heteroatoms. The summed E-state index contributed by atoms with van der Waals surface area (Å²) in [5.41, 5.74) is 0.212. The van der Waals surface area contributed by atoms with E-state index in [1.807, 2.05) is 26.0 Å². The summed E-state index contributed by atoms with van der Waals surface area (Å²) in [5, 5.41) is 0. The van der Waals surface area contributed by atoms with Gasteiger partial charge in [-0.05, 0) is 25.7 Å². The van der Waals surface area contributed by atoms with Gasteiger partial charge in [-0.15, -0.1) is 0 Å². The fraction of sp³-hybridized carbons (Fsp3) is 0.600. The highest BCUT2D eigenvalue weighted by Gasteiger charge is 2.35. The maximum Gasteiger partial charge on any atom is 0.334 e. The van der Waals surface area contributed by atoms with Gasteiger partial charge < -0.3 is 9.47 Å². The molecule has 0 bridgehead atoms. The number of ether oxygens (including phenoxy) is 2. The molecule has 1 unspecified atom stereocenters. The van der Waals surface area contributed by atoms with Crippen LogP contribution in [0.3, 0.4) is 0 Å². The summed E-state index contributed by atoms with van der Waals surface area (Å²) in [6.07, 6.45) is 6.00. The van der Waals surface area contributed by atoms with Gasteiger partial charge in [-0.25, -0.2) is 4.79 Å². The largest absolute Gasteiger partial charge is 0.466 e. The molecule has 0 aromatic rings. The van der Waals surface area contributed by atoms with Crippen LogP contribution in [0.2, 0.25) is 0 Å². The molecule has 0 heterocycles. The van der Waals surface area contributed by atoms with Gasteiger partial charge in [0.15, 0.2) is 0 Å². The quantitative estimate of drug-likeness (QED) is 0.734. The second kappa shape index (κ2) is 6.55. The molecular weight excluding hydrogens is 244 g/mol. The lowest BCUT2D eigenvalue weighted by atomic mass is 9.81. The van der Waals surface area contributed by atoms with E-state index >= 15 is 0 Å². The monoisotopic (exact) mass is 266 g/mol. The van der Waals surface area contributed by atoms with E-state index in [1.54, 1.807) is 19.9 Å². The smallest absolute Gasteiger partial charge is 0.334 e. The molecule has 1 rings (SSSR count). The van der Waals surface area contributed by atoms with Gasteiger partial charge in [0.05, 0.1) is 24.7 Å². The minimum Gasteiger partial charge on any atom is -0.466 e. The molecule has 106 valence electrons. The zero-order chi connectivity index (χ0) is 14.5. The summed E-state index contributed by atoms with van der Waals surface area (Å²) >= 11 is 0. The Morgan fingerprint density at radius 1 is 1.26 bits per heavy atom. The van der Waals surface area contributed by atoms with Crippen molar-refractivity contribution in [2.75, 3.05) is 13.2 Å². The lowest BCUT2D eigenvalue weighted by Gasteiger charge is -2.24. The molecule has 0 amide bonds. The number of carbonyl (C=O) groups excluding carboxylic acids is 2. The average molecular weight is 266 g/mol. The molecule has 0 radical (unpaired) electrons. The van der Waals surface area contributed by atoms with Crippen LogP contribution in [0.1, 0.15) is 34.1 Å². The fourth-order valence-electron chi connectivity index (χ4n) is 2.11. The van der Waals surface area contributed by atoms with Gasteiger partial charge in [-0.2, -0.15) is 0 Å². The van der Waals surface area contributed by atoms with Gasteiger partial charge in [0, 0.05) is 0 Å². The number of hydrogen-bond acceptors (Lipinski definition) is 4. The number of esters is 2. The highest BCUT2D eigenvalue weighted by molar-refractivity contribution is 5.96. The molecule has 0 saturated heterocycles. The molecular formula is C15H22O4. The van der Waals surface area contributed by atoms with Crippen molar-refractivity contribution in [1.82, 2.24) is 0 Å². The van der Waals surface area contributed by atoms with Crippen LogP contribution in [0.15, 0.2) is 23.8 Å². The van der Waals surface area contributed by atoms with E-state index in [0.29, 0.717) is 25.2 Å². The van der Waals surface area contributed by atoms with E-state index in [4.69, 9.17) is 9.47 Å². The second-order valence-electron chi connectivity index (χ2n) is 5.20. The van der Waals surface area contributed by atoms with Crippen molar-refractivity contribution in [3.05, 3.63) is 23.8 Å². The number of carbonyl (C=O) groups is 2. The first-order valence-corrected chi connectivity index (χ1v) is 6.64. The van der Waals surface area contributed by atoms with Gasteiger partial charge in [-0.3, -0.25) is 4.79 Å². The zero-order valence-electron chi connectivity index (χ0n) is 12.1. The van der Waals surface area contributed by atoms with Crippen LogP contribution in [-0.2, 0) is 19.1 Å². The Kier molecular flexibility index (Phi) is 5.33. The third-order valence-electron chi connectivity index (χ3n) is 3.01. The predicted molar refractivity (Wildman–Crippen MR) is 72.4 cm³/mol. The van der Waals surface area contributed by atoms with Crippen molar-refractivity contribution < 1.29 is 19.1 Å². The summed E-state index contributed by atoms with van der Waals surface area (Å²) in [5.74, 6) is -1.37. The molecule has 0 fully saturated rings. The van der Waals surface area contributed by atoms with E-state index in [-0.39, 0.29) is 11.4 Å². The Morgan fingerprint density at radius 2 is 1.89 bits per heavy atom.